The quantitative estimate of drug-likeness (QED) is 0.615. The van der Waals surface area contributed by atoms with E-state index in [-0.39, 0.29) is 11.4 Å². The van der Waals surface area contributed by atoms with E-state index in [2.05, 4.69) is 0 Å². The Bertz CT molecular complexity index is 150. The molecule has 0 rings (SSSR count). The van der Waals surface area contributed by atoms with Crippen LogP contribution in [0.1, 0.15) is 0 Å². The second kappa shape index (κ2) is 3.99. The van der Waals surface area contributed by atoms with Gasteiger partial charge >= 0.3 is 73.9 Å². The molecular weight excluding hydrogens is 282 g/mol. The van der Waals surface area contributed by atoms with Gasteiger partial charge in [0.05, 0.1) is 0 Å². The Labute approximate surface area is 73.7 Å². The van der Waals surface area contributed by atoms with Gasteiger partial charge in [-0.1, -0.05) is 0 Å². The topological polar surface area (TPSA) is 57.5 Å². The zero-order valence-electron chi connectivity index (χ0n) is 4.80. The van der Waals surface area contributed by atoms with Crippen molar-refractivity contribution in [1.29, 1.82) is 0 Å². The van der Waals surface area contributed by atoms with Crippen molar-refractivity contribution >= 4 is 48.1 Å². The van der Waals surface area contributed by atoms with Crippen LogP contribution >= 0.6 is 37.6 Å². The Morgan fingerprint density at radius 3 is 1.80 bits per heavy atom. The van der Waals surface area contributed by atoms with E-state index in [0.717, 1.165) is 0 Å². The molecule has 0 saturated heterocycles. The second-order valence-electron chi connectivity index (χ2n) is 1.75. The fourth-order valence-electron chi connectivity index (χ4n) is 0.272. The van der Waals surface area contributed by atoms with Crippen molar-refractivity contribution in [3.05, 3.63) is 0 Å². The summed E-state index contributed by atoms with van der Waals surface area (Å²) in [7, 11) is 8.99. The fraction of sp³-hybridized carbons (Fsp3) is 1.00. The molecule has 3 nitrogen and oxygen atoms in total. The van der Waals surface area contributed by atoms with E-state index in [1.54, 1.807) is 0 Å². The van der Waals surface area contributed by atoms with Crippen LogP contribution in [0.25, 0.3) is 0 Å². The van der Waals surface area contributed by atoms with E-state index in [1.165, 1.54) is 0 Å². The molecule has 0 saturated carbocycles. The van der Waals surface area contributed by atoms with Gasteiger partial charge in [-0.25, -0.2) is 0 Å². The van der Waals surface area contributed by atoms with Crippen LogP contribution in [0.2, 0.25) is 5.25 Å². The van der Waals surface area contributed by atoms with Crippen LogP contribution in [0.5, 0.6) is 0 Å². The van der Waals surface area contributed by atoms with Crippen molar-refractivity contribution in [3.63, 3.8) is 0 Å². The maximum atomic E-state index is 10.2. The van der Waals surface area contributed by atoms with E-state index in [0.29, 0.717) is 0 Å². The molecule has 0 aromatic carbocycles. The summed E-state index contributed by atoms with van der Waals surface area (Å²) in [6, 6.07) is 0. The first-order chi connectivity index (χ1) is 4.21. The zero-order chi connectivity index (χ0) is 8.41. The SMILES string of the molecule is O=P(O)(O)C[CH2][Ge]([Cl])([Cl])[Cl]. The first-order valence-electron chi connectivity index (χ1n) is 2.32. The monoisotopic (exact) mass is 288 g/mol. The first-order valence-corrected chi connectivity index (χ1v) is 13.9. The van der Waals surface area contributed by atoms with Gasteiger partial charge in [0.15, 0.2) is 0 Å². The minimum absolute atomic E-state index is 0.0505. The fourth-order valence-corrected chi connectivity index (χ4v) is 8.20. The molecule has 0 aliphatic rings. The molecule has 8 heteroatoms. The average molecular weight is 288 g/mol. The molecule has 0 aromatic rings. The zero-order valence-corrected chi connectivity index (χ0v) is 10.1. The normalized spacial score (nSPS) is 13.7. The van der Waals surface area contributed by atoms with Gasteiger partial charge in [0.1, 0.15) is 0 Å². The van der Waals surface area contributed by atoms with Gasteiger partial charge in [0, 0.05) is 0 Å². The number of hydrogen-bond donors (Lipinski definition) is 2. The molecule has 10 heavy (non-hydrogen) atoms. The Kier molecular flexibility index (Phi) is 4.61. The summed E-state index contributed by atoms with van der Waals surface area (Å²) < 4.78 is 10.2. The molecule has 0 amide bonds. The predicted molar refractivity (Wildman–Crippen MR) is 45.0 cm³/mol. The van der Waals surface area contributed by atoms with Crippen molar-refractivity contribution in [2.24, 2.45) is 0 Å². The molecule has 0 fully saturated rings. The average Bonchev–Trinajstić information content (AvgIpc) is 1.57. The van der Waals surface area contributed by atoms with Crippen molar-refractivity contribution < 1.29 is 14.4 Å². The molecule has 2 N–H and O–H groups in total. The second-order valence-corrected chi connectivity index (χ2v) is 20.2. The van der Waals surface area contributed by atoms with Crippen LogP contribution in [0.4, 0.5) is 0 Å². The van der Waals surface area contributed by atoms with E-state index >= 15 is 0 Å². The molecular formula is C2H6Cl3GeO3P. The minimum atomic E-state index is -3.97. The van der Waals surface area contributed by atoms with Gasteiger partial charge in [0.2, 0.25) is 0 Å². The summed E-state index contributed by atoms with van der Waals surface area (Å²) in [5.41, 5.74) is 0. The molecule has 0 unspecified atom stereocenters. The van der Waals surface area contributed by atoms with Gasteiger partial charge in [-0.2, -0.15) is 0 Å². The first kappa shape index (κ1) is 11.6. The van der Waals surface area contributed by atoms with Gasteiger partial charge in [-0.3, -0.25) is 0 Å². The van der Waals surface area contributed by atoms with E-state index < -0.39 is 18.1 Å². The van der Waals surface area contributed by atoms with Crippen molar-refractivity contribution in [2.45, 2.75) is 5.25 Å². The summed E-state index contributed by atoms with van der Waals surface area (Å²) in [5, 5.41) is 0.0505. The molecule has 0 spiro atoms. The van der Waals surface area contributed by atoms with Crippen molar-refractivity contribution in [2.75, 3.05) is 6.16 Å². The summed E-state index contributed by atoms with van der Waals surface area (Å²) in [5.74, 6) is 0. The van der Waals surface area contributed by atoms with Crippen LogP contribution < -0.4 is 0 Å². The van der Waals surface area contributed by atoms with Gasteiger partial charge in [-0.05, 0) is 0 Å². The Morgan fingerprint density at radius 2 is 1.70 bits per heavy atom. The molecule has 0 bridgehead atoms. The standard InChI is InChI=1S/C2H6Cl3GeO3P/c3-6(4,5)1-2-10(7,8)9/h1-2H2,(H2,7,8,9). The molecule has 0 aliphatic heterocycles. The van der Waals surface area contributed by atoms with Crippen LogP contribution in [-0.2, 0) is 4.57 Å². The van der Waals surface area contributed by atoms with Crippen molar-refractivity contribution in [1.82, 2.24) is 0 Å². The molecule has 0 heterocycles. The van der Waals surface area contributed by atoms with Crippen LogP contribution in [-0.4, -0.2) is 26.4 Å². The van der Waals surface area contributed by atoms with Crippen LogP contribution in [0, 0.1) is 0 Å². The summed E-state index contributed by atoms with van der Waals surface area (Å²) in [6.45, 7) is 0. The van der Waals surface area contributed by atoms with Gasteiger partial charge < -0.3 is 0 Å². The van der Waals surface area contributed by atoms with E-state index in [9.17, 15) is 4.57 Å². The Balaban J connectivity index is 3.67. The number of halogens is 3. The van der Waals surface area contributed by atoms with Crippen LogP contribution in [0.15, 0.2) is 0 Å². The maximum absolute atomic E-state index is 10.2. The summed E-state index contributed by atoms with van der Waals surface area (Å²) in [4.78, 5) is 16.7. The molecule has 0 aliphatic carbocycles. The molecule has 0 aromatic heterocycles. The van der Waals surface area contributed by atoms with Gasteiger partial charge in [-0.15, -0.1) is 0 Å². The van der Waals surface area contributed by atoms with Crippen molar-refractivity contribution in [3.8, 4) is 0 Å². The predicted octanol–water partition coefficient (Wildman–Crippen LogP) is 1.82. The van der Waals surface area contributed by atoms with E-state index in [1.807, 2.05) is 0 Å². The Hall–Kier alpha value is 1.56. The molecule has 62 valence electrons. The number of rotatable bonds is 3. The third kappa shape index (κ3) is 9.56. The molecule has 0 radical (unpaired) electrons. The van der Waals surface area contributed by atoms with Crippen LogP contribution in [0.3, 0.4) is 0 Å². The van der Waals surface area contributed by atoms with E-state index in [4.69, 9.17) is 39.8 Å². The van der Waals surface area contributed by atoms with Gasteiger partial charge in [0.25, 0.3) is 0 Å². The summed E-state index contributed by atoms with van der Waals surface area (Å²) in [6.07, 6.45) is -0.316. The molecule has 0 atom stereocenters. The third-order valence-corrected chi connectivity index (χ3v) is 7.04. The Morgan fingerprint density at radius 1 is 1.30 bits per heavy atom. The third-order valence-electron chi connectivity index (χ3n) is 0.687. The summed E-state index contributed by atoms with van der Waals surface area (Å²) >= 11 is 0. The number of hydrogen-bond acceptors (Lipinski definition) is 1.